The Kier molecular flexibility index (Phi) is 27.4. The molecule has 1 saturated heterocycles. The molecule has 1 fully saturated rings. The van der Waals surface area contributed by atoms with Gasteiger partial charge < -0.3 is 89.4 Å². The maximum atomic E-state index is 15.3. The largest absolute Gasteiger partial charge is 0.481 e. The molecule has 4 heterocycles. The number of nitrogens with two attached hydrogens (primary N) is 2. The summed E-state index contributed by atoms with van der Waals surface area (Å²) < 4.78 is 0. The highest BCUT2D eigenvalue weighted by Crippen LogP contribution is 2.24. The van der Waals surface area contributed by atoms with Crippen molar-refractivity contribution in [2.45, 2.75) is 159 Å². The van der Waals surface area contributed by atoms with Crippen LogP contribution in [0.15, 0.2) is 134 Å². The Morgan fingerprint density at radius 1 is 0.569 bits per heavy atom. The molecule has 1 aliphatic heterocycles. The maximum absolute atomic E-state index is 15.3. The standard InChI is InChI=1S/C72H91N17O13/c1-40(2)29-53(82-62(92)49(73)32-44-36-78-50-23-13-11-21-47(44)50)64(94)85-57(35-60(90)91)67(97)81-52(25-15-27-77-72(74)75)63(93)87-58(31-43-19-9-6-10-20-43)70(100)89-28-16-26-59(89)69(99)86-56(34-46-38-76-39-80-46)66(96)83-54(30-42-17-7-5-8-18-42)65(95)84-55(68(98)88-61(41(3)4)71(101)102)33-45-37-79-51-24-14-12-22-48(45)51/h5-14,17-24,36-41,49,52-59,61,78-79H,15-16,25-35,73H2,1-4H3,(H,76,80)(H,81,97)(H,82,92)(H,83,96)(H,84,95)(H,85,94)(H,86,99)(H,87,93)(H,88,98)(H,90,91)(H,101,102)(H4,74,75,77)/t49-,52-,53-,54-,55-,56-,57-,58-,59-,61-/m0/s1. The van der Waals surface area contributed by atoms with Crippen molar-refractivity contribution >= 4 is 92.9 Å². The molecule has 7 aromatic rings. The Balaban J connectivity index is 1.01. The first-order valence-corrected chi connectivity index (χ1v) is 34.0. The zero-order valence-corrected chi connectivity index (χ0v) is 57.3. The van der Waals surface area contributed by atoms with Crippen LogP contribution in [-0.4, -0.2) is 180 Å². The molecule has 0 spiro atoms. The lowest BCUT2D eigenvalue weighted by molar-refractivity contribution is -0.143. The summed E-state index contributed by atoms with van der Waals surface area (Å²) >= 11 is 0. The van der Waals surface area contributed by atoms with Crippen LogP contribution in [0.5, 0.6) is 0 Å². The number of imidazole rings is 1. The minimum atomic E-state index is -1.82. The zero-order chi connectivity index (χ0) is 73.6. The Morgan fingerprint density at radius 3 is 1.62 bits per heavy atom. The third-order valence-corrected chi connectivity index (χ3v) is 17.6. The second kappa shape index (κ2) is 36.6. The van der Waals surface area contributed by atoms with Crippen molar-refractivity contribution < 1.29 is 63.0 Å². The lowest BCUT2D eigenvalue weighted by atomic mass is 10.00. The summed E-state index contributed by atoms with van der Waals surface area (Å²) in [7, 11) is 0. The number of hydrogen-bond donors (Lipinski definition) is 17. The molecule has 0 unspecified atom stereocenters. The number of aliphatic carboxylic acids is 2. The van der Waals surface area contributed by atoms with Crippen molar-refractivity contribution in [2.24, 2.45) is 23.3 Å². The number of carbonyl (C=O) groups is 11. The molecule has 0 saturated carbocycles. The summed E-state index contributed by atoms with van der Waals surface area (Å²) in [5.74, 6) is -11.5. The summed E-state index contributed by atoms with van der Waals surface area (Å²) in [6.45, 7) is 6.88. The van der Waals surface area contributed by atoms with Crippen LogP contribution in [0.1, 0.15) is 94.2 Å². The first-order valence-electron chi connectivity index (χ1n) is 34.0. The Labute approximate surface area is 588 Å². The summed E-state index contributed by atoms with van der Waals surface area (Å²) in [5.41, 5.74) is 16.5. The Morgan fingerprint density at radius 2 is 1.06 bits per heavy atom. The molecule has 3 aromatic heterocycles. The summed E-state index contributed by atoms with van der Waals surface area (Å²) in [4.78, 5) is 171. The number of nitrogens with zero attached hydrogens (tertiary/aromatic N) is 2. The molecule has 9 amide bonds. The smallest absolute Gasteiger partial charge is 0.326 e. The van der Waals surface area contributed by atoms with Crippen molar-refractivity contribution in [1.29, 1.82) is 5.41 Å². The topological polar surface area (TPSA) is 476 Å². The third kappa shape index (κ3) is 21.8. The predicted molar refractivity (Wildman–Crippen MR) is 378 cm³/mol. The number of guanidine groups is 1. The second-order valence-corrected chi connectivity index (χ2v) is 26.3. The number of aromatic nitrogens is 4. The van der Waals surface area contributed by atoms with Crippen LogP contribution < -0.4 is 59.3 Å². The van der Waals surface area contributed by atoms with Crippen LogP contribution in [0.3, 0.4) is 0 Å². The fraction of sp³-hybridized carbons (Fsp3) is 0.403. The van der Waals surface area contributed by atoms with Crippen molar-refractivity contribution in [1.82, 2.24) is 72.7 Å². The van der Waals surface area contributed by atoms with Crippen molar-refractivity contribution in [3.63, 3.8) is 0 Å². The fourth-order valence-corrected chi connectivity index (χ4v) is 12.4. The number of H-pyrrole nitrogens is 3. The molecule has 4 aromatic carbocycles. The Bertz CT molecular complexity index is 4070. The molecular weight excluding hydrogens is 1310 g/mol. The van der Waals surface area contributed by atoms with Crippen LogP contribution >= 0.6 is 0 Å². The molecule has 19 N–H and O–H groups in total. The highest BCUT2D eigenvalue weighted by molar-refractivity contribution is 6.00. The SMILES string of the molecule is CC(C)C[C@H](NC(=O)[C@@H](N)Cc1c[nH]c2ccccc12)C(=O)N[C@@H](CC(=O)O)C(=O)N[C@@H](CCCNC(=N)N)C(=O)N[C@@H](Cc1ccccc1)C(=O)N1CCC[C@H]1C(=O)N[C@@H](Cc1cnc[nH]1)C(=O)N[C@@H](Cc1ccccc1)C(=O)N[C@@H](Cc1c[nH]c2ccccc12)C(=O)N[C@H](C(=O)O)C(C)C. The lowest BCUT2D eigenvalue weighted by Crippen LogP contribution is -2.61. The normalized spacial score (nSPS) is 15.5. The van der Waals surface area contributed by atoms with Crippen LogP contribution in [0, 0.1) is 17.2 Å². The fourth-order valence-electron chi connectivity index (χ4n) is 12.4. The number of carboxylic acids is 2. The van der Waals surface area contributed by atoms with Gasteiger partial charge >= 0.3 is 11.9 Å². The molecule has 30 heteroatoms. The first kappa shape index (κ1) is 76.3. The average molecular weight is 1400 g/mol. The number of likely N-dealkylation sites (tertiary alicyclic amines) is 1. The highest BCUT2D eigenvalue weighted by Gasteiger charge is 2.41. The van der Waals surface area contributed by atoms with E-state index in [2.05, 4.69) is 67.8 Å². The van der Waals surface area contributed by atoms with E-state index in [1.807, 2.05) is 48.5 Å². The van der Waals surface area contributed by atoms with Gasteiger partial charge in [-0.2, -0.15) is 0 Å². The number of hydrogen-bond acceptors (Lipinski definition) is 14. The van der Waals surface area contributed by atoms with Crippen molar-refractivity contribution in [2.75, 3.05) is 13.1 Å². The van der Waals surface area contributed by atoms with Gasteiger partial charge in [0.15, 0.2) is 5.96 Å². The van der Waals surface area contributed by atoms with Gasteiger partial charge in [0, 0.05) is 84.9 Å². The van der Waals surface area contributed by atoms with Crippen LogP contribution in [-0.2, 0) is 84.8 Å². The van der Waals surface area contributed by atoms with E-state index in [0.29, 0.717) is 28.8 Å². The number of benzene rings is 4. The summed E-state index contributed by atoms with van der Waals surface area (Å²) in [6.07, 6.45) is 5.14. The summed E-state index contributed by atoms with van der Waals surface area (Å²) in [6, 6.07) is 18.0. The van der Waals surface area contributed by atoms with Crippen LogP contribution in [0.2, 0.25) is 0 Å². The van der Waals surface area contributed by atoms with E-state index in [1.54, 1.807) is 101 Å². The van der Waals surface area contributed by atoms with E-state index in [0.717, 1.165) is 27.4 Å². The molecule has 542 valence electrons. The van der Waals surface area contributed by atoms with Crippen LogP contribution in [0.4, 0.5) is 0 Å². The van der Waals surface area contributed by atoms with E-state index in [-0.39, 0.29) is 76.8 Å². The van der Waals surface area contributed by atoms with Gasteiger partial charge in [-0.05, 0) is 84.7 Å². The molecule has 0 radical (unpaired) electrons. The Hall–Kier alpha value is -11.4. The molecule has 8 rings (SSSR count). The second-order valence-electron chi connectivity index (χ2n) is 26.3. The average Bonchev–Trinajstić information content (AvgIpc) is 1.61. The van der Waals surface area contributed by atoms with Gasteiger partial charge in [-0.3, -0.25) is 53.4 Å². The zero-order valence-electron chi connectivity index (χ0n) is 57.3. The molecule has 10 atom stereocenters. The van der Waals surface area contributed by atoms with E-state index < -0.39 is 144 Å². The maximum Gasteiger partial charge on any atom is 0.326 e. The van der Waals surface area contributed by atoms with E-state index >= 15 is 4.79 Å². The van der Waals surface area contributed by atoms with Gasteiger partial charge in [0.2, 0.25) is 53.2 Å². The molecule has 1 aliphatic rings. The van der Waals surface area contributed by atoms with E-state index in [1.165, 1.54) is 17.4 Å². The number of rotatable bonds is 37. The highest BCUT2D eigenvalue weighted by atomic mass is 16.4. The number of nitrogens with one attached hydrogen (secondary N) is 13. The predicted octanol–water partition coefficient (Wildman–Crippen LogP) is 1.61. The van der Waals surface area contributed by atoms with Crippen molar-refractivity contribution in [3.8, 4) is 0 Å². The molecule has 0 aliphatic carbocycles. The third-order valence-electron chi connectivity index (χ3n) is 17.6. The van der Waals surface area contributed by atoms with E-state index in [4.69, 9.17) is 16.9 Å². The van der Waals surface area contributed by atoms with Gasteiger partial charge in [0.05, 0.1) is 18.8 Å². The van der Waals surface area contributed by atoms with Gasteiger partial charge in [0.1, 0.15) is 54.4 Å². The lowest BCUT2D eigenvalue weighted by Gasteiger charge is -2.31. The minimum Gasteiger partial charge on any atom is -0.481 e. The number of aromatic amines is 3. The molecular formula is C72H91N17O13. The quantitative estimate of drug-likeness (QED) is 0.0149. The number of para-hydroxylation sites is 2. The van der Waals surface area contributed by atoms with Gasteiger partial charge in [-0.1, -0.05) is 125 Å². The number of amides is 9. The first-order chi connectivity index (χ1) is 48.8. The van der Waals surface area contributed by atoms with Gasteiger partial charge in [-0.15, -0.1) is 0 Å². The van der Waals surface area contributed by atoms with Crippen molar-refractivity contribution in [3.05, 3.63) is 162 Å². The number of fused-ring (bicyclic) bond motifs is 2. The molecule has 0 bridgehead atoms. The minimum absolute atomic E-state index is 0.00816. The number of carboxylic acid groups (broad SMARTS) is 2. The monoisotopic (exact) mass is 1400 g/mol. The summed E-state index contributed by atoms with van der Waals surface area (Å²) in [5, 5.41) is 53.6. The van der Waals surface area contributed by atoms with Crippen LogP contribution in [0.25, 0.3) is 21.8 Å². The number of carbonyl (C=O) groups excluding carboxylic acids is 9. The van der Waals surface area contributed by atoms with Gasteiger partial charge in [0.25, 0.3) is 0 Å². The molecule has 30 nitrogen and oxygen atoms in total. The molecule has 102 heavy (non-hydrogen) atoms. The van der Waals surface area contributed by atoms with Gasteiger partial charge in [-0.25, -0.2) is 9.78 Å². The van der Waals surface area contributed by atoms with E-state index in [9.17, 15) is 58.2 Å².